The number of Topliss-reactive ketones (excluding diaryl/α,β-unsaturated/α-hetero) is 1. The molecule has 4 rings (SSSR count). The van der Waals surface area contributed by atoms with Crippen LogP contribution < -0.4 is 4.90 Å². The number of pyridine rings is 1. The van der Waals surface area contributed by atoms with Gasteiger partial charge in [0.2, 0.25) is 0 Å². The maximum absolute atomic E-state index is 13.5. The smallest absolute Gasteiger partial charge is 0.370 e. The van der Waals surface area contributed by atoms with Crippen molar-refractivity contribution in [2.75, 3.05) is 57.8 Å². The predicted octanol–water partition coefficient (Wildman–Crippen LogP) is 3.92. The second kappa shape index (κ2) is 9.35. The highest BCUT2D eigenvalue weighted by Gasteiger charge is 2.35. The number of hydrogen-bond donors (Lipinski definition) is 0. The van der Waals surface area contributed by atoms with Gasteiger partial charge in [0.05, 0.1) is 17.6 Å². The number of aromatic nitrogens is 1. The van der Waals surface area contributed by atoms with E-state index >= 15 is 0 Å². The summed E-state index contributed by atoms with van der Waals surface area (Å²) in [5.41, 5.74) is 0.0448. The zero-order valence-electron chi connectivity index (χ0n) is 18.7. The van der Waals surface area contributed by atoms with Crippen LogP contribution in [-0.4, -0.2) is 73.4 Å². The Balaban J connectivity index is 1.49. The van der Waals surface area contributed by atoms with Gasteiger partial charge in [-0.2, -0.15) is 13.2 Å². The van der Waals surface area contributed by atoms with Crippen molar-refractivity contribution >= 4 is 22.4 Å². The molecule has 0 unspecified atom stereocenters. The summed E-state index contributed by atoms with van der Waals surface area (Å²) in [6.07, 6.45) is -1.57. The maximum atomic E-state index is 13.5. The molecule has 2 atom stereocenters. The summed E-state index contributed by atoms with van der Waals surface area (Å²) >= 11 is 0. The van der Waals surface area contributed by atoms with Gasteiger partial charge in [-0.05, 0) is 49.6 Å². The normalized spacial score (nSPS) is 23.6. The molecule has 2 fully saturated rings. The monoisotopic (exact) mass is 448 g/mol. The Hall–Kier alpha value is -2.19. The highest BCUT2D eigenvalue weighted by Crippen LogP contribution is 2.39. The first-order chi connectivity index (χ1) is 15.2. The molecule has 0 spiro atoms. The highest BCUT2D eigenvalue weighted by molar-refractivity contribution is 5.94. The largest absolute Gasteiger partial charge is 0.418 e. The van der Waals surface area contributed by atoms with Crippen LogP contribution in [-0.2, 0) is 11.0 Å². The van der Waals surface area contributed by atoms with E-state index < -0.39 is 11.7 Å². The third-order valence-electron chi connectivity index (χ3n) is 6.65. The second-order valence-corrected chi connectivity index (χ2v) is 9.46. The first-order valence-corrected chi connectivity index (χ1v) is 11.3. The maximum Gasteiger partial charge on any atom is 0.418 e. The van der Waals surface area contributed by atoms with E-state index in [9.17, 15) is 18.0 Å². The predicted molar refractivity (Wildman–Crippen MR) is 120 cm³/mol. The molecule has 5 nitrogen and oxygen atoms in total. The fraction of sp³-hybridized carbons (Fsp3) is 0.583. The molecule has 1 aromatic heterocycles. The molecular weight excluding hydrogens is 417 g/mol. The van der Waals surface area contributed by atoms with Crippen molar-refractivity contribution in [2.45, 2.75) is 25.9 Å². The quantitative estimate of drug-likeness (QED) is 0.693. The molecule has 0 amide bonds. The fourth-order valence-electron chi connectivity index (χ4n) is 5.13. The third-order valence-corrected chi connectivity index (χ3v) is 6.65. The molecule has 0 N–H and O–H groups in total. The number of benzene rings is 1. The number of hydrogen-bond acceptors (Lipinski definition) is 5. The molecule has 0 aliphatic carbocycles. The number of ketones is 1. The van der Waals surface area contributed by atoms with Crippen molar-refractivity contribution in [1.29, 1.82) is 0 Å². The molecule has 0 bridgehead atoms. The fourth-order valence-corrected chi connectivity index (χ4v) is 5.13. The Labute approximate surface area is 187 Å². The summed E-state index contributed by atoms with van der Waals surface area (Å²) in [5.74, 6) is 0.819. The van der Waals surface area contributed by atoms with Crippen molar-refractivity contribution in [2.24, 2.45) is 11.8 Å². The van der Waals surface area contributed by atoms with E-state index in [0.717, 1.165) is 50.9 Å². The zero-order chi connectivity index (χ0) is 22.9. The molecule has 2 aliphatic heterocycles. The molecule has 2 aromatic rings. The molecule has 1 aromatic carbocycles. The molecule has 0 saturated carbocycles. The summed E-state index contributed by atoms with van der Waals surface area (Å²) in [6.45, 7) is 7.88. The first-order valence-electron chi connectivity index (χ1n) is 11.3. The van der Waals surface area contributed by atoms with Crippen LogP contribution in [0.4, 0.5) is 18.9 Å². The van der Waals surface area contributed by atoms with Crippen molar-refractivity contribution in [3.63, 3.8) is 0 Å². The van der Waals surface area contributed by atoms with Crippen LogP contribution in [0.25, 0.3) is 10.9 Å². The standard InChI is InChI=1S/C24H31F3N4O/c1-17-12-18(13-19(32)16-30-10-8-29(2)9-11-30)15-31(14-17)22-6-5-21(24(25,26)27)23-20(22)4-3-7-28-23/h3-7,17-18H,8-16H2,1-2H3/t17-,18-/m0/s1. The van der Waals surface area contributed by atoms with Gasteiger partial charge in [0.1, 0.15) is 5.78 Å². The lowest BCUT2D eigenvalue weighted by Gasteiger charge is -2.39. The van der Waals surface area contributed by atoms with Gasteiger partial charge in [0.25, 0.3) is 0 Å². The Morgan fingerprint density at radius 1 is 1.12 bits per heavy atom. The summed E-state index contributed by atoms with van der Waals surface area (Å²) in [5, 5.41) is 0.513. The number of nitrogens with zero attached hydrogens (tertiary/aromatic N) is 4. The number of anilines is 1. The lowest BCUT2D eigenvalue weighted by atomic mass is 9.86. The van der Waals surface area contributed by atoms with Gasteiger partial charge < -0.3 is 9.80 Å². The lowest BCUT2D eigenvalue weighted by Crippen LogP contribution is -2.47. The number of alkyl halides is 3. The van der Waals surface area contributed by atoms with E-state index in [4.69, 9.17) is 0 Å². The van der Waals surface area contributed by atoms with Crippen LogP contribution in [0.5, 0.6) is 0 Å². The number of piperidine rings is 1. The van der Waals surface area contributed by atoms with Crippen LogP contribution in [0.15, 0.2) is 30.5 Å². The number of fused-ring (bicyclic) bond motifs is 1. The summed E-state index contributed by atoms with van der Waals surface area (Å²) in [6, 6.07) is 6.08. The van der Waals surface area contributed by atoms with E-state index in [1.54, 1.807) is 18.2 Å². The van der Waals surface area contributed by atoms with Gasteiger partial charge in [-0.25, -0.2) is 0 Å². The van der Waals surface area contributed by atoms with E-state index in [1.165, 1.54) is 6.20 Å². The molecule has 2 saturated heterocycles. The van der Waals surface area contributed by atoms with Gasteiger partial charge in [-0.3, -0.25) is 14.7 Å². The van der Waals surface area contributed by atoms with E-state index in [0.29, 0.717) is 30.8 Å². The van der Waals surface area contributed by atoms with Crippen LogP contribution in [0.1, 0.15) is 25.3 Å². The first kappa shape index (κ1) is 23.0. The summed E-state index contributed by atoms with van der Waals surface area (Å²) in [4.78, 5) is 23.5. The van der Waals surface area contributed by atoms with Gasteiger partial charge in [0, 0.05) is 63.0 Å². The third kappa shape index (κ3) is 5.23. The average Bonchev–Trinajstić information content (AvgIpc) is 2.73. The van der Waals surface area contributed by atoms with Gasteiger partial charge in [-0.15, -0.1) is 0 Å². The minimum atomic E-state index is -4.45. The van der Waals surface area contributed by atoms with Crippen molar-refractivity contribution in [1.82, 2.24) is 14.8 Å². The van der Waals surface area contributed by atoms with Crippen molar-refractivity contribution in [3.05, 3.63) is 36.0 Å². The van der Waals surface area contributed by atoms with Gasteiger partial charge in [0.15, 0.2) is 0 Å². The zero-order valence-corrected chi connectivity index (χ0v) is 18.7. The van der Waals surface area contributed by atoms with E-state index in [2.05, 4.69) is 33.7 Å². The Morgan fingerprint density at radius 2 is 1.88 bits per heavy atom. The minimum absolute atomic E-state index is 0.0154. The number of carbonyl (C=O) groups excluding carboxylic acids is 1. The van der Waals surface area contributed by atoms with Gasteiger partial charge >= 0.3 is 6.18 Å². The number of rotatable bonds is 5. The molecule has 8 heteroatoms. The summed E-state index contributed by atoms with van der Waals surface area (Å²) in [7, 11) is 2.09. The Morgan fingerprint density at radius 3 is 2.59 bits per heavy atom. The molecule has 2 aliphatic rings. The minimum Gasteiger partial charge on any atom is -0.370 e. The molecule has 0 radical (unpaired) electrons. The number of piperazine rings is 1. The average molecular weight is 449 g/mol. The molecular formula is C24H31F3N4O. The molecule has 174 valence electrons. The van der Waals surface area contributed by atoms with Crippen LogP contribution in [0.2, 0.25) is 0 Å². The number of halogens is 3. The Bertz CT molecular complexity index is 956. The topological polar surface area (TPSA) is 39.7 Å². The van der Waals surface area contributed by atoms with Gasteiger partial charge in [-0.1, -0.05) is 6.92 Å². The summed E-state index contributed by atoms with van der Waals surface area (Å²) < 4.78 is 40.4. The molecule has 3 heterocycles. The van der Waals surface area contributed by atoms with E-state index in [1.807, 2.05) is 0 Å². The second-order valence-electron chi connectivity index (χ2n) is 9.46. The van der Waals surface area contributed by atoms with Crippen molar-refractivity contribution in [3.8, 4) is 0 Å². The number of likely N-dealkylation sites (N-methyl/N-ethyl adjacent to an activating group) is 1. The highest BCUT2D eigenvalue weighted by atomic mass is 19.4. The number of carbonyl (C=O) groups is 1. The lowest BCUT2D eigenvalue weighted by molar-refractivity contribution is -0.136. The van der Waals surface area contributed by atoms with E-state index in [-0.39, 0.29) is 17.2 Å². The van der Waals surface area contributed by atoms with Crippen LogP contribution in [0.3, 0.4) is 0 Å². The van der Waals surface area contributed by atoms with Crippen LogP contribution in [0, 0.1) is 11.8 Å². The Kier molecular flexibility index (Phi) is 6.72. The SMILES string of the molecule is C[C@H]1C[C@@H](CC(=O)CN2CCN(C)CC2)CN(c2ccc(C(F)(F)F)c3ncccc23)C1. The van der Waals surface area contributed by atoms with Crippen LogP contribution >= 0.6 is 0 Å². The van der Waals surface area contributed by atoms with Crippen molar-refractivity contribution < 1.29 is 18.0 Å². The molecule has 32 heavy (non-hydrogen) atoms.